The van der Waals surface area contributed by atoms with Crippen LogP contribution >= 0.6 is 24.0 Å². The van der Waals surface area contributed by atoms with Crippen LogP contribution in [0.4, 0.5) is 0 Å². The van der Waals surface area contributed by atoms with E-state index in [2.05, 4.69) is 27.9 Å². The molecule has 0 fully saturated rings. The van der Waals surface area contributed by atoms with Gasteiger partial charge in [0.1, 0.15) is 12.3 Å². The van der Waals surface area contributed by atoms with E-state index in [1.165, 1.54) is 0 Å². The van der Waals surface area contributed by atoms with E-state index in [-0.39, 0.29) is 36.4 Å². The number of hydrogen-bond donors (Lipinski definition) is 3. The van der Waals surface area contributed by atoms with Crippen LogP contribution in [0, 0.1) is 0 Å². The number of aliphatic imine (C=N–C) groups is 1. The molecule has 0 aliphatic heterocycles. The number of benzene rings is 1. The summed E-state index contributed by atoms with van der Waals surface area (Å²) in [6.45, 7) is 6.36. The zero-order valence-electron chi connectivity index (χ0n) is 14.7. The molecule has 0 saturated carbocycles. The zero-order chi connectivity index (χ0) is 16.9. The van der Waals surface area contributed by atoms with Gasteiger partial charge in [-0.25, -0.2) is 4.99 Å². The van der Waals surface area contributed by atoms with Crippen LogP contribution < -0.4 is 20.7 Å². The molecule has 0 spiro atoms. The number of amides is 1. The van der Waals surface area contributed by atoms with E-state index in [4.69, 9.17) is 4.74 Å². The van der Waals surface area contributed by atoms with Crippen LogP contribution in [0.5, 0.6) is 5.75 Å². The third kappa shape index (κ3) is 9.59. The Balaban J connectivity index is 0.00000529. The lowest BCUT2D eigenvalue weighted by Crippen LogP contribution is -2.38. The Morgan fingerprint density at radius 3 is 2.42 bits per heavy atom. The lowest BCUT2D eigenvalue weighted by atomic mass is 10.2. The van der Waals surface area contributed by atoms with E-state index in [1.807, 2.05) is 31.2 Å². The molecule has 0 bridgehead atoms. The van der Waals surface area contributed by atoms with Gasteiger partial charge in [0.05, 0.1) is 7.11 Å². The summed E-state index contributed by atoms with van der Waals surface area (Å²) in [5.74, 6) is 1.38. The Labute approximate surface area is 161 Å². The summed E-state index contributed by atoms with van der Waals surface area (Å²) < 4.78 is 5.10. The van der Waals surface area contributed by atoms with Crippen LogP contribution in [0.25, 0.3) is 0 Å². The summed E-state index contributed by atoms with van der Waals surface area (Å²) in [7, 11) is 1.63. The highest BCUT2D eigenvalue weighted by molar-refractivity contribution is 14.0. The maximum absolute atomic E-state index is 11.9. The standard InChI is InChI=1S/C17H28N4O2.HI/c1-4-6-11-19-17(18-5-2)21-13-16(22)20-12-14-7-9-15(23-3)10-8-14;/h7-10H,4-6,11-13H2,1-3H3,(H,20,22)(H2,18,19,21);1H. The molecule has 24 heavy (non-hydrogen) atoms. The van der Waals surface area contributed by atoms with Crippen LogP contribution in [0.1, 0.15) is 32.3 Å². The highest BCUT2D eigenvalue weighted by atomic mass is 127. The molecule has 1 amide bonds. The van der Waals surface area contributed by atoms with E-state index in [0.717, 1.165) is 37.2 Å². The van der Waals surface area contributed by atoms with E-state index in [1.54, 1.807) is 7.11 Å². The minimum Gasteiger partial charge on any atom is -0.497 e. The molecule has 1 aromatic rings. The maximum atomic E-state index is 11.9. The molecule has 0 aliphatic rings. The van der Waals surface area contributed by atoms with Crippen molar-refractivity contribution in [1.29, 1.82) is 0 Å². The minimum absolute atomic E-state index is 0. The fourth-order valence-corrected chi connectivity index (χ4v) is 1.88. The van der Waals surface area contributed by atoms with Gasteiger partial charge in [-0.1, -0.05) is 25.5 Å². The first-order valence-electron chi connectivity index (χ1n) is 8.11. The molecule has 3 N–H and O–H groups in total. The average molecular weight is 448 g/mol. The number of methoxy groups -OCH3 is 1. The Morgan fingerprint density at radius 2 is 1.83 bits per heavy atom. The highest BCUT2D eigenvalue weighted by Crippen LogP contribution is 2.10. The number of ether oxygens (including phenoxy) is 1. The normalized spacial score (nSPS) is 10.5. The van der Waals surface area contributed by atoms with E-state index in [0.29, 0.717) is 12.5 Å². The second-order valence-electron chi connectivity index (χ2n) is 5.10. The SMILES string of the molecule is CCCCNC(=NCC(=O)NCc1ccc(OC)cc1)NCC.I. The van der Waals surface area contributed by atoms with E-state index in [9.17, 15) is 4.79 Å². The molecule has 0 atom stereocenters. The topological polar surface area (TPSA) is 74.8 Å². The lowest BCUT2D eigenvalue weighted by molar-refractivity contribution is -0.119. The van der Waals surface area contributed by atoms with Gasteiger partial charge < -0.3 is 20.7 Å². The highest BCUT2D eigenvalue weighted by Gasteiger charge is 2.02. The van der Waals surface area contributed by atoms with Crippen molar-refractivity contribution >= 4 is 35.8 Å². The Hall–Kier alpha value is -1.51. The Bertz CT molecular complexity index is 492. The van der Waals surface area contributed by atoms with Crippen LogP contribution in [0.15, 0.2) is 29.3 Å². The van der Waals surface area contributed by atoms with Gasteiger partial charge in [0, 0.05) is 19.6 Å². The van der Waals surface area contributed by atoms with Crippen molar-refractivity contribution in [3.05, 3.63) is 29.8 Å². The molecule has 0 saturated heterocycles. The fraction of sp³-hybridized carbons (Fsp3) is 0.529. The van der Waals surface area contributed by atoms with E-state index < -0.39 is 0 Å². The Kier molecular flexibility index (Phi) is 13.0. The van der Waals surface area contributed by atoms with Crippen molar-refractivity contribution < 1.29 is 9.53 Å². The van der Waals surface area contributed by atoms with Crippen molar-refractivity contribution in [1.82, 2.24) is 16.0 Å². The monoisotopic (exact) mass is 448 g/mol. The van der Waals surface area contributed by atoms with Gasteiger partial charge in [0.25, 0.3) is 0 Å². The molecule has 1 rings (SSSR count). The summed E-state index contributed by atoms with van der Waals surface area (Å²) in [6, 6.07) is 7.61. The molecule has 6 nitrogen and oxygen atoms in total. The van der Waals surface area contributed by atoms with Gasteiger partial charge in [-0.15, -0.1) is 24.0 Å². The number of rotatable bonds is 9. The summed E-state index contributed by atoms with van der Waals surface area (Å²) in [5, 5.41) is 9.20. The van der Waals surface area contributed by atoms with Gasteiger partial charge in [-0.3, -0.25) is 4.79 Å². The number of nitrogens with zero attached hydrogens (tertiary/aromatic N) is 1. The third-order valence-corrected chi connectivity index (χ3v) is 3.20. The molecule has 136 valence electrons. The first-order chi connectivity index (χ1) is 11.2. The van der Waals surface area contributed by atoms with Crippen LogP contribution in [0.3, 0.4) is 0 Å². The number of unbranched alkanes of at least 4 members (excludes halogenated alkanes) is 1. The van der Waals surface area contributed by atoms with E-state index >= 15 is 0 Å². The summed E-state index contributed by atoms with van der Waals surface area (Å²) in [5.41, 5.74) is 1.02. The van der Waals surface area contributed by atoms with Gasteiger partial charge >= 0.3 is 0 Å². The maximum Gasteiger partial charge on any atom is 0.242 e. The summed E-state index contributed by atoms with van der Waals surface area (Å²) in [4.78, 5) is 16.2. The molecule has 0 radical (unpaired) electrons. The average Bonchev–Trinajstić information content (AvgIpc) is 2.58. The third-order valence-electron chi connectivity index (χ3n) is 3.20. The molecule has 0 heterocycles. The first-order valence-corrected chi connectivity index (χ1v) is 8.11. The fourth-order valence-electron chi connectivity index (χ4n) is 1.88. The van der Waals surface area contributed by atoms with Crippen LogP contribution in [-0.4, -0.2) is 38.6 Å². The van der Waals surface area contributed by atoms with Gasteiger partial charge in [0.15, 0.2) is 5.96 Å². The number of nitrogens with one attached hydrogen (secondary N) is 3. The second-order valence-corrected chi connectivity index (χ2v) is 5.10. The van der Waals surface area contributed by atoms with Gasteiger partial charge in [-0.05, 0) is 31.0 Å². The predicted octanol–water partition coefficient (Wildman–Crippen LogP) is 2.28. The molecular weight excluding hydrogens is 419 g/mol. The molecule has 0 aromatic heterocycles. The number of carbonyl (C=O) groups excluding carboxylic acids is 1. The van der Waals surface area contributed by atoms with Gasteiger partial charge in [-0.2, -0.15) is 0 Å². The smallest absolute Gasteiger partial charge is 0.242 e. The van der Waals surface area contributed by atoms with Crippen molar-refractivity contribution in [3.8, 4) is 5.75 Å². The molecule has 1 aromatic carbocycles. The Morgan fingerprint density at radius 1 is 1.12 bits per heavy atom. The number of carbonyl (C=O) groups is 1. The summed E-state index contributed by atoms with van der Waals surface area (Å²) in [6.07, 6.45) is 2.20. The quantitative estimate of drug-likeness (QED) is 0.235. The molecule has 0 unspecified atom stereocenters. The zero-order valence-corrected chi connectivity index (χ0v) is 17.1. The predicted molar refractivity (Wildman–Crippen MR) is 109 cm³/mol. The number of hydrogen-bond acceptors (Lipinski definition) is 3. The minimum atomic E-state index is -0.103. The van der Waals surface area contributed by atoms with Crippen molar-refractivity contribution in [2.24, 2.45) is 4.99 Å². The van der Waals surface area contributed by atoms with Crippen molar-refractivity contribution in [2.45, 2.75) is 33.2 Å². The van der Waals surface area contributed by atoms with Crippen molar-refractivity contribution in [2.75, 3.05) is 26.7 Å². The van der Waals surface area contributed by atoms with Crippen molar-refractivity contribution in [3.63, 3.8) is 0 Å². The van der Waals surface area contributed by atoms with Crippen LogP contribution in [0.2, 0.25) is 0 Å². The summed E-state index contributed by atoms with van der Waals surface area (Å²) >= 11 is 0. The lowest BCUT2D eigenvalue weighted by Gasteiger charge is -2.10. The molecule has 0 aliphatic carbocycles. The number of guanidine groups is 1. The second kappa shape index (κ2) is 13.9. The molecular formula is C17H29IN4O2. The first kappa shape index (κ1) is 22.5. The largest absolute Gasteiger partial charge is 0.497 e. The molecule has 7 heteroatoms. The number of halogens is 1. The van der Waals surface area contributed by atoms with Gasteiger partial charge in [0.2, 0.25) is 5.91 Å². The van der Waals surface area contributed by atoms with Crippen LogP contribution in [-0.2, 0) is 11.3 Å².